The molecule has 0 spiro atoms. The molecule has 3 rings (SSSR count). The van der Waals surface area contributed by atoms with Crippen molar-refractivity contribution in [2.45, 2.75) is 64.3 Å². The van der Waals surface area contributed by atoms with E-state index in [1.165, 1.54) is 19.3 Å². The minimum atomic E-state index is -0.246. The van der Waals surface area contributed by atoms with Crippen LogP contribution in [-0.4, -0.2) is 48.5 Å². The van der Waals surface area contributed by atoms with E-state index in [9.17, 15) is 14.4 Å². The third-order valence-electron chi connectivity index (χ3n) is 5.96. The SMILES string of the molecule is CCCNC(=O)Nc1ccc(NC(=O)N2CCC[C@@H](C(=O)NC3CCCCC3)C2)cc1. The number of carbonyl (C=O) groups is 3. The number of piperidine rings is 1. The van der Waals surface area contributed by atoms with E-state index in [2.05, 4.69) is 21.3 Å². The number of likely N-dealkylation sites (tertiary alicyclic amines) is 1. The molecule has 1 atom stereocenters. The van der Waals surface area contributed by atoms with Crippen molar-refractivity contribution in [3.8, 4) is 0 Å². The molecule has 2 aliphatic rings. The monoisotopic (exact) mass is 429 g/mol. The van der Waals surface area contributed by atoms with Gasteiger partial charge in [-0.25, -0.2) is 9.59 Å². The van der Waals surface area contributed by atoms with Crippen LogP contribution in [0.1, 0.15) is 58.3 Å². The van der Waals surface area contributed by atoms with Crippen LogP contribution in [0, 0.1) is 5.92 Å². The molecule has 1 aliphatic heterocycles. The maximum Gasteiger partial charge on any atom is 0.321 e. The van der Waals surface area contributed by atoms with Gasteiger partial charge in [0.1, 0.15) is 0 Å². The molecule has 5 amide bonds. The summed E-state index contributed by atoms with van der Waals surface area (Å²) < 4.78 is 0. The molecule has 31 heavy (non-hydrogen) atoms. The lowest BCUT2D eigenvalue weighted by atomic mass is 9.93. The van der Waals surface area contributed by atoms with E-state index in [1.54, 1.807) is 29.2 Å². The second-order valence-corrected chi connectivity index (χ2v) is 8.52. The van der Waals surface area contributed by atoms with Crippen molar-refractivity contribution < 1.29 is 14.4 Å². The van der Waals surface area contributed by atoms with Crippen LogP contribution in [0.3, 0.4) is 0 Å². The van der Waals surface area contributed by atoms with E-state index in [0.717, 1.165) is 32.1 Å². The molecule has 2 fully saturated rings. The van der Waals surface area contributed by atoms with Crippen LogP contribution in [0.5, 0.6) is 0 Å². The number of nitrogens with one attached hydrogen (secondary N) is 4. The van der Waals surface area contributed by atoms with Gasteiger partial charge < -0.3 is 26.2 Å². The summed E-state index contributed by atoms with van der Waals surface area (Å²) in [6.45, 7) is 3.71. The highest BCUT2D eigenvalue weighted by Gasteiger charge is 2.29. The summed E-state index contributed by atoms with van der Waals surface area (Å²) in [5.41, 5.74) is 1.31. The zero-order valence-corrected chi connectivity index (χ0v) is 18.4. The Kier molecular flexibility index (Phi) is 8.55. The topological polar surface area (TPSA) is 103 Å². The Bertz CT molecular complexity index is 746. The number of hydrogen-bond donors (Lipinski definition) is 4. The lowest BCUT2D eigenvalue weighted by Crippen LogP contribution is -2.48. The van der Waals surface area contributed by atoms with E-state index in [4.69, 9.17) is 0 Å². The van der Waals surface area contributed by atoms with Gasteiger partial charge in [0.05, 0.1) is 5.92 Å². The minimum Gasteiger partial charge on any atom is -0.353 e. The molecular weight excluding hydrogens is 394 g/mol. The molecule has 1 saturated heterocycles. The Morgan fingerprint density at radius 2 is 1.61 bits per heavy atom. The highest BCUT2D eigenvalue weighted by Crippen LogP contribution is 2.22. The Hall–Kier alpha value is -2.77. The number of carbonyl (C=O) groups excluding carboxylic acids is 3. The quantitative estimate of drug-likeness (QED) is 0.551. The lowest BCUT2D eigenvalue weighted by molar-refractivity contribution is -0.127. The average Bonchev–Trinajstić information content (AvgIpc) is 2.79. The van der Waals surface area contributed by atoms with Crippen molar-refractivity contribution in [1.29, 1.82) is 0 Å². The first-order chi connectivity index (χ1) is 15.0. The van der Waals surface area contributed by atoms with Gasteiger partial charge in [-0.05, 0) is 56.4 Å². The highest BCUT2D eigenvalue weighted by atomic mass is 16.2. The molecule has 1 heterocycles. The maximum absolute atomic E-state index is 12.7. The maximum atomic E-state index is 12.7. The number of benzene rings is 1. The first-order valence-electron chi connectivity index (χ1n) is 11.6. The van der Waals surface area contributed by atoms with E-state index in [-0.39, 0.29) is 23.9 Å². The van der Waals surface area contributed by atoms with Crippen molar-refractivity contribution in [2.75, 3.05) is 30.3 Å². The van der Waals surface area contributed by atoms with Crippen molar-refractivity contribution in [3.63, 3.8) is 0 Å². The van der Waals surface area contributed by atoms with Gasteiger partial charge in [0.2, 0.25) is 5.91 Å². The fourth-order valence-corrected chi connectivity index (χ4v) is 4.19. The first-order valence-corrected chi connectivity index (χ1v) is 11.6. The summed E-state index contributed by atoms with van der Waals surface area (Å²) in [6, 6.07) is 6.85. The third kappa shape index (κ3) is 7.15. The third-order valence-corrected chi connectivity index (χ3v) is 5.96. The Morgan fingerprint density at radius 3 is 2.29 bits per heavy atom. The summed E-state index contributed by atoms with van der Waals surface area (Å²) >= 11 is 0. The van der Waals surface area contributed by atoms with Crippen LogP contribution < -0.4 is 21.3 Å². The number of rotatable bonds is 6. The standard InChI is InChI=1S/C23H35N5O3/c1-2-14-24-22(30)26-19-10-12-20(13-11-19)27-23(31)28-15-6-7-17(16-28)21(29)25-18-8-4-3-5-9-18/h10-13,17-18H,2-9,14-16H2,1H3,(H,25,29)(H,27,31)(H2,24,26,30)/t17-/m1/s1. The van der Waals surface area contributed by atoms with Gasteiger partial charge in [0.25, 0.3) is 0 Å². The van der Waals surface area contributed by atoms with Gasteiger partial charge in [-0.15, -0.1) is 0 Å². The summed E-state index contributed by atoms with van der Waals surface area (Å²) in [4.78, 5) is 38.8. The van der Waals surface area contributed by atoms with E-state index < -0.39 is 0 Å². The molecule has 1 aliphatic carbocycles. The summed E-state index contributed by atoms with van der Waals surface area (Å²) in [6.07, 6.45) is 8.27. The van der Waals surface area contributed by atoms with Crippen LogP contribution >= 0.6 is 0 Å². The molecule has 1 saturated carbocycles. The normalized spacial score (nSPS) is 19.4. The second kappa shape index (κ2) is 11.6. The molecule has 8 nitrogen and oxygen atoms in total. The first kappa shape index (κ1) is 22.9. The van der Waals surface area contributed by atoms with Crippen LogP contribution in [0.4, 0.5) is 21.0 Å². The summed E-state index contributed by atoms with van der Waals surface area (Å²) in [5, 5.41) is 11.6. The van der Waals surface area contributed by atoms with Gasteiger partial charge in [-0.1, -0.05) is 26.2 Å². The van der Waals surface area contributed by atoms with Crippen LogP contribution in [0.15, 0.2) is 24.3 Å². The number of amides is 5. The number of hydrogen-bond acceptors (Lipinski definition) is 3. The molecule has 0 unspecified atom stereocenters. The molecule has 170 valence electrons. The van der Waals surface area contributed by atoms with Gasteiger partial charge in [-0.2, -0.15) is 0 Å². The predicted molar refractivity (Wildman–Crippen MR) is 122 cm³/mol. The second-order valence-electron chi connectivity index (χ2n) is 8.52. The lowest BCUT2D eigenvalue weighted by Gasteiger charge is -2.33. The number of urea groups is 2. The fourth-order valence-electron chi connectivity index (χ4n) is 4.19. The average molecular weight is 430 g/mol. The predicted octanol–water partition coefficient (Wildman–Crippen LogP) is 3.91. The van der Waals surface area contributed by atoms with Gasteiger partial charge in [-0.3, -0.25) is 4.79 Å². The molecular formula is C23H35N5O3. The minimum absolute atomic E-state index is 0.0844. The molecule has 1 aromatic rings. The van der Waals surface area contributed by atoms with Gasteiger partial charge in [0.15, 0.2) is 0 Å². The van der Waals surface area contributed by atoms with Crippen LogP contribution in [0.2, 0.25) is 0 Å². The van der Waals surface area contributed by atoms with Crippen molar-refractivity contribution in [3.05, 3.63) is 24.3 Å². The summed E-state index contributed by atoms with van der Waals surface area (Å²) in [7, 11) is 0. The zero-order chi connectivity index (χ0) is 22.1. The van der Waals surface area contributed by atoms with Crippen molar-refractivity contribution >= 4 is 29.3 Å². The zero-order valence-electron chi connectivity index (χ0n) is 18.4. The van der Waals surface area contributed by atoms with E-state index in [1.807, 2.05) is 6.92 Å². The van der Waals surface area contributed by atoms with Crippen molar-refractivity contribution in [1.82, 2.24) is 15.5 Å². The fraction of sp³-hybridized carbons (Fsp3) is 0.609. The molecule has 0 bridgehead atoms. The molecule has 0 aromatic heterocycles. The Labute approximate surface area is 184 Å². The molecule has 4 N–H and O–H groups in total. The smallest absolute Gasteiger partial charge is 0.321 e. The number of nitrogens with zero attached hydrogens (tertiary/aromatic N) is 1. The van der Waals surface area contributed by atoms with Crippen LogP contribution in [-0.2, 0) is 4.79 Å². The largest absolute Gasteiger partial charge is 0.353 e. The van der Waals surface area contributed by atoms with E-state index >= 15 is 0 Å². The summed E-state index contributed by atoms with van der Waals surface area (Å²) in [5.74, 6) is -0.0594. The van der Waals surface area contributed by atoms with Gasteiger partial charge >= 0.3 is 12.1 Å². The molecule has 8 heteroatoms. The Morgan fingerprint density at radius 1 is 0.935 bits per heavy atom. The number of anilines is 2. The highest BCUT2D eigenvalue weighted by molar-refractivity contribution is 5.92. The molecule has 0 radical (unpaired) electrons. The van der Waals surface area contributed by atoms with Gasteiger partial charge in [0, 0.05) is 37.1 Å². The Balaban J connectivity index is 1.47. The van der Waals surface area contributed by atoms with Crippen molar-refractivity contribution in [2.24, 2.45) is 5.92 Å². The van der Waals surface area contributed by atoms with E-state index in [0.29, 0.717) is 37.1 Å². The molecule has 1 aromatic carbocycles. The van der Waals surface area contributed by atoms with Crippen LogP contribution in [0.25, 0.3) is 0 Å².